The number of carbonyl (C=O) groups excluding carboxylic acids is 2. The third kappa shape index (κ3) is 4.12. The predicted molar refractivity (Wildman–Crippen MR) is 90.7 cm³/mol. The highest BCUT2D eigenvalue weighted by Gasteiger charge is 2.45. The molecule has 2 atom stereocenters. The number of esters is 1. The molecule has 3 aliphatic heterocycles. The molecule has 0 aliphatic carbocycles. The van der Waals surface area contributed by atoms with E-state index in [0.29, 0.717) is 11.5 Å². The molecule has 0 aromatic heterocycles. The van der Waals surface area contributed by atoms with Crippen LogP contribution in [-0.2, 0) is 19.0 Å². The standard InChI is InChI=1S/C19H26NO5/c1-3-23-18(21)17(15-7-5-4-6-8-15)25-19(22)24-16-13-20(2)11-9-14(16)10-12-20/h4-8,14,16-17H,3,9-13H2,1-2H3/q+1. The molecule has 0 saturated carbocycles. The Hall–Kier alpha value is -2.08. The Morgan fingerprint density at radius 2 is 1.88 bits per heavy atom. The van der Waals surface area contributed by atoms with Crippen molar-refractivity contribution in [2.75, 3.05) is 33.3 Å². The molecule has 3 aliphatic rings. The molecule has 1 aromatic rings. The number of quaternary nitrogens is 1. The van der Waals surface area contributed by atoms with Gasteiger partial charge in [0.05, 0.1) is 26.7 Å². The first kappa shape index (κ1) is 17.7. The monoisotopic (exact) mass is 348 g/mol. The minimum absolute atomic E-state index is 0.140. The lowest BCUT2D eigenvalue weighted by molar-refractivity contribution is -0.928. The normalized spacial score (nSPS) is 28.9. The van der Waals surface area contributed by atoms with Crippen LogP contribution in [0.2, 0.25) is 0 Å². The number of nitrogens with zero attached hydrogens (tertiary/aromatic N) is 1. The maximum absolute atomic E-state index is 12.3. The van der Waals surface area contributed by atoms with Gasteiger partial charge in [-0.05, 0) is 6.92 Å². The molecule has 0 N–H and O–H groups in total. The Labute approximate surface area is 148 Å². The van der Waals surface area contributed by atoms with Crippen molar-refractivity contribution in [2.24, 2.45) is 5.92 Å². The molecule has 2 unspecified atom stereocenters. The maximum Gasteiger partial charge on any atom is 0.509 e. The third-order valence-electron chi connectivity index (χ3n) is 5.29. The van der Waals surface area contributed by atoms with Gasteiger partial charge in [-0.2, -0.15) is 0 Å². The highest BCUT2D eigenvalue weighted by molar-refractivity contribution is 5.79. The molecule has 3 saturated heterocycles. The van der Waals surface area contributed by atoms with E-state index in [0.717, 1.165) is 37.0 Å². The van der Waals surface area contributed by atoms with Gasteiger partial charge < -0.3 is 18.7 Å². The van der Waals surface area contributed by atoms with E-state index in [1.165, 1.54) is 0 Å². The second kappa shape index (κ2) is 7.44. The highest BCUT2D eigenvalue weighted by Crippen LogP contribution is 2.34. The first-order valence-electron chi connectivity index (χ1n) is 8.93. The molecule has 6 nitrogen and oxygen atoms in total. The largest absolute Gasteiger partial charge is 0.509 e. The molecule has 3 heterocycles. The Bertz CT molecular complexity index is 610. The summed E-state index contributed by atoms with van der Waals surface area (Å²) in [6.07, 6.45) is 0.0912. The first-order valence-corrected chi connectivity index (χ1v) is 8.93. The summed E-state index contributed by atoms with van der Waals surface area (Å²) < 4.78 is 16.9. The van der Waals surface area contributed by atoms with Gasteiger partial charge in [0.1, 0.15) is 6.54 Å². The van der Waals surface area contributed by atoms with E-state index in [-0.39, 0.29) is 12.7 Å². The minimum atomic E-state index is -1.10. The molecule has 2 bridgehead atoms. The summed E-state index contributed by atoms with van der Waals surface area (Å²) >= 11 is 0. The van der Waals surface area contributed by atoms with Crippen molar-refractivity contribution in [3.05, 3.63) is 35.9 Å². The van der Waals surface area contributed by atoms with Crippen molar-refractivity contribution in [1.82, 2.24) is 0 Å². The van der Waals surface area contributed by atoms with E-state index in [1.807, 2.05) is 6.07 Å². The smallest absolute Gasteiger partial charge is 0.463 e. The maximum atomic E-state index is 12.3. The lowest BCUT2D eigenvalue weighted by atomic mass is 9.84. The Morgan fingerprint density at radius 3 is 2.48 bits per heavy atom. The number of carbonyl (C=O) groups is 2. The van der Waals surface area contributed by atoms with Crippen molar-refractivity contribution < 1.29 is 28.3 Å². The molecule has 3 fully saturated rings. The van der Waals surface area contributed by atoms with Gasteiger partial charge in [0.25, 0.3) is 0 Å². The van der Waals surface area contributed by atoms with Crippen LogP contribution in [0.4, 0.5) is 4.79 Å². The fourth-order valence-corrected chi connectivity index (χ4v) is 3.83. The number of fused-ring (bicyclic) bond motifs is 3. The van der Waals surface area contributed by atoms with Crippen LogP contribution in [-0.4, -0.2) is 56.0 Å². The van der Waals surface area contributed by atoms with Crippen LogP contribution in [0.5, 0.6) is 0 Å². The number of hydrogen-bond donors (Lipinski definition) is 0. The quantitative estimate of drug-likeness (QED) is 0.605. The van der Waals surface area contributed by atoms with Crippen LogP contribution < -0.4 is 0 Å². The third-order valence-corrected chi connectivity index (χ3v) is 5.29. The summed E-state index contributed by atoms with van der Waals surface area (Å²) in [6, 6.07) is 8.87. The summed E-state index contributed by atoms with van der Waals surface area (Å²) in [7, 11) is 2.20. The van der Waals surface area contributed by atoms with Gasteiger partial charge in [0, 0.05) is 24.3 Å². The van der Waals surface area contributed by atoms with Crippen molar-refractivity contribution in [2.45, 2.75) is 32.0 Å². The van der Waals surface area contributed by atoms with Gasteiger partial charge >= 0.3 is 12.1 Å². The van der Waals surface area contributed by atoms with Gasteiger partial charge in [-0.25, -0.2) is 9.59 Å². The fraction of sp³-hybridized carbons (Fsp3) is 0.579. The van der Waals surface area contributed by atoms with Crippen LogP contribution in [0.25, 0.3) is 0 Å². The van der Waals surface area contributed by atoms with Crippen molar-refractivity contribution >= 4 is 12.1 Å². The molecule has 0 spiro atoms. The van der Waals surface area contributed by atoms with Crippen LogP contribution in [0.3, 0.4) is 0 Å². The van der Waals surface area contributed by atoms with E-state index in [4.69, 9.17) is 14.2 Å². The highest BCUT2D eigenvalue weighted by atomic mass is 16.7. The first-order chi connectivity index (χ1) is 12.0. The lowest BCUT2D eigenvalue weighted by Gasteiger charge is -2.49. The summed E-state index contributed by atoms with van der Waals surface area (Å²) in [4.78, 5) is 24.5. The van der Waals surface area contributed by atoms with E-state index >= 15 is 0 Å². The van der Waals surface area contributed by atoms with Gasteiger partial charge in [-0.15, -0.1) is 0 Å². The molecule has 136 valence electrons. The number of likely N-dealkylation sites (N-methyl/N-ethyl adjacent to an activating group) is 1. The van der Waals surface area contributed by atoms with E-state index < -0.39 is 18.2 Å². The minimum Gasteiger partial charge on any atom is -0.463 e. The molecular weight excluding hydrogens is 322 g/mol. The Morgan fingerprint density at radius 1 is 1.20 bits per heavy atom. The average molecular weight is 348 g/mol. The SMILES string of the molecule is CCOC(=O)C(OC(=O)OC1C[N+]2(C)CCC1CC2)c1ccccc1. The second-order valence-corrected chi connectivity index (χ2v) is 7.15. The van der Waals surface area contributed by atoms with Gasteiger partial charge in [-0.1, -0.05) is 30.3 Å². The fourth-order valence-electron chi connectivity index (χ4n) is 3.83. The second-order valence-electron chi connectivity index (χ2n) is 7.15. The summed E-state index contributed by atoms with van der Waals surface area (Å²) in [5.41, 5.74) is 0.575. The number of ether oxygens (including phenoxy) is 3. The number of benzene rings is 1. The van der Waals surface area contributed by atoms with Crippen LogP contribution in [0.15, 0.2) is 30.3 Å². The Kier molecular flexibility index (Phi) is 5.27. The van der Waals surface area contributed by atoms with Gasteiger partial charge in [0.2, 0.25) is 6.10 Å². The molecule has 0 radical (unpaired) electrons. The summed E-state index contributed by atoms with van der Waals surface area (Å²) in [5, 5.41) is 0. The average Bonchev–Trinajstić information content (AvgIpc) is 2.60. The topological polar surface area (TPSA) is 61.8 Å². The lowest BCUT2D eigenvalue weighted by Crippen LogP contribution is -2.62. The van der Waals surface area contributed by atoms with E-state index in [1.54, 1.807) is 31.2 Å². The van der Waals surface area contributed by atoms with E-state index in [9.17, 15) is 9.59 Å². The van der Waals surface area contributed by atoms with Crippen molar-refractivity contribution in [3.8, 4) is 0 Å². The molecule has 1 aromatic carbocycles. The summed E-state index contributed by atoms with van der Waals surface area (Å²) in [6.45, 7) is 5.02. The van der Waals surface area contributed by atoms with Crippen molar-refractivity contribution in [1.29, 1.82) is 0 Å². The number of piperidine rings is 3. The Balaban J connectivity index is 1.65. The van der Waals surface area contributed by atoms with Crippen LogP contribution >= 0.6 is 0 Å². The molecule has 4 rings (SSSR count). The molecular formula is C19H26NO5+. The van der Waals surface area contributed by atoms with Crippen LogP contribution in [0.1, 0.15) is 31.4 Å². The van der Waals surface area contributed by atoms with Crippen LogP contribution in [0, 0.1) is 5.92 Å². The van der Waals surface area contributed by atoms with Gasteiger partial charge in [0.15, 0.2) is 6.10 Å². The number of hydrogen-bond acceptors (Lipinski definition) is 5. The summed E-state index contributed by atoms with van der Waals surface area (Å²) in [5.74, 6) is -0.191. The zero-order valence-electron chi connectivity index (χ0n) is 14.8. The number of rotatable bonds is 5. The zero-order chi connectivity index (χ0) is 17.9. The van der Waals surface area contributed by atoms with Crippen molar-refractivity contribution in [3.63, 3.8) is 0 Å². The van der Waals surface area contributed by atoms with Gasteiger partial charge in [-0.3, -0.25) is 0 Å². The molecule has 25 heavy (non-hydrogen) atoms. The van der Waals surface area contributed by atoms with E-state index in [2.05, 4.69) is 7.05 Å². The molecule has 0 amide bonds. The predicted octanol–water partition coefficient (Wildman–Crippen LogP) is 2.68. The zero-order valence-corrected chi connectivity index (χ0v) is 14.8. The molecule has 6 heteroatoms.